The maximum atomic E-state index is 12.5. The molecule has 0 spiro atoms. The van der Waals surface area contributed by atoms with Crippen molar-refractivity contribution in [1.82, 2.24) is 4.90 Å². The van der Waals surface area contributed by atoms with Crippen LogP contribution in [-0.4, -0.2) is 35.4 Å². The molecule has 142 valence electrons. The van der Waals surface area contributed by atoms with Crippen molar-refractivity contribution in [2.24, 2.45) is 0 Å². The summed E-state index contributed by atoms with van der Waals surface area (Å²) in [5, 5.41) is 13.7. The summed E-state index contributed by atoms with van der Waals surface area (Å²) in [5.41, 5.74) is 2.42. The highest BCUT2D eigenvalue weighted by molar-refractivity contribution is 5.93. The van der Waals surface area contributed by atoms with Gasteiger partial charge in [0.25, 0.3) is 5.69 Å². The second-order valence-electron chi connectivity index (χ2n) is 6.79. The van der Waals surface area contributed by atoms with Gasteiger partial charge in [-0.2, -0.15) is 0 Å². The van der Waals surface area contributed by atoms with Gasteiger partial charge < -0.3 is 10.1 Å². The largest absolute Gasteiger partial charge is 0.497 e. The first-order valence-corrected chi connectivity index (χ1v) is 8.88. The SMILES string of the molecule is COc1ccc(CN(CC(=O)Nc2ccc([N+](=O)[O-])cc2C)C2CC2)cc1. The summed E-state index contributed by atoms with van der Waals surface area (Å²) in [7, 11) is 1.63. The van der Waals surface area contributed by atoms with Gasteiger partial charge in [-0.3, -0.25) is 19.8 Å². The van der Waals surface area contributed by atoms with E-state index in [1.165, 1.54) is 12.1 Å². The Balaban J connectivity index is 1.62. The minimum atomic E-state index is -0.442. The molecule has 1 fully saturated rings. The fourth-order valence-electron chi connectivity index (χ4n) is 3.00. The average Bonchev–Trinajstić information content (AvgIpc) is 3.48. The summed E-state index contributed by atoms with van der Waals surface area (Å²) >= 11 is 0. The number of hydrogen-bond donors (Lipinski definition) is 1. The standard InChI is InChI=1S/C20H23N3O4/c1-14-11-17(23(25)26)7-10-19(14)21-20(24)13-22(16-5-6-16)12-15-3-8-18(27-2)9-4-15/h3-4,7-11,16H,5-6,12-13H2,1-2H3,(H,21,24). The molecule has 2 aromatic rings. The van der Waals surface area contributed by atoms with Crippen molar-refractivity contribution in [2.45, 2.75) is 32.4 Å². The molecule has 7 heteroatoms. The van der Waals surface area contributed by atoms with E-state index >= 15 is 0 Å². The van der Waals surface area contributed by atoms with Gasteiger partial charge >= 0.3 is 0 Å². The molecule has 0 bridgehead atoms. The van der Waals surface area contributed by atoms with Crippen molar-refractivity contribution in [2.75, 3.05) is 19.0 Å². The van der Waals surface area contributed by atoms with Crippen LogP contribution in [0, 0.1) is 17.0 Å². The molecule has 1 saturated carbocycles. The highest BCUT2D eigenvalue weighted by Gasteiger charge is 2.30. The van der Waals surface area contributed by atoms with Crippen LogP contribution in [0.15, 0.2) is 42.5 Å². The van der Waals surface area contributed by atoms with Crippen LogP contribution in [-0.2, 0) is 11.3 Å². The molecule has 0 unspecified atom stereocenters. The number of aryl methyl sites for hydroxylation is 1. The summed E-state index contributed by atoms with van der Waals surface area (Å²) in [6.45, 7) is 2.73. The normalized spacial score (nSPS) is 13.4. The van der Waals surface area contributed by atoms with Crippen LogP contribution in [0.1, 0.15) is 24.0 Å². The van der Waals surface area contributed by atoms with E-state index in [0.717, 1.165) is 24.2 Å². The van der Waals surface area contributed by atoms with Crippen LogP contribution < -0.4 is 10.1 Å². The third kappa shape index (κ3) is 5.04. The lowest BCUT2D eigenvalue weighted by Gasteiger charge is -2.22. The number of carbonyl (C=O) groups is 1. The monoisotopic (exact) mass is 369 g/mol. The van der Waals surface area contributed by atoms with Crippen molar-refractivity contribution >= 4 is 17.3 Å². The number of rotatable bonds is 8. The quantitative estimate of drug-likeness (QED) is 0.568. The van der Waals surface area contributed by atoms with E-state index < -0.39 is 4.92 Å². The van der Waals surface area contributed by atoms with E-state index in [-0.39, 0.29) is 18.1 Å². The van der Waals surface area contributed by atoms with E-state index in [9.17, 15) is 14.9 Å². The zero-order valence-electron chi connectivity index (χ0n) is 15.5. The molecule has 0 saturated heterocycles. The highest BCUT2D eigenvalue weighted by atomic mass is 16.6. The van der Waals surface area contributed by atoms with Gasteiger partial charge in [0.1, 0.15) is 5.75 Å². The number of ether oxygens (including phenoxy) is 1. The van der Waals surface area contributed by atoms with Gasteiger partial charge in [0.15, 0.2) is 0 Å². The predicted octanol–water partition coefficient (Wildman–Crippen LogP) is 3.51. The first-order chi connectivity index (χ1) is 13.0. The third-order valence-electron chi connectivity index (χ3n) is 4.65. The van der Waals surface area contributed by atoms with E-state index in [1.807, 2.05) is 24.3 Å². The second kappa shape index (κ2) is 8.18. The summed E-state index contributed by atoms with van der Waals surface area (Å²) < 4.78 is 5.18. The van der Waals surface area contributed by atoms with Crippen LogP contribution >= 0.6 is 0 Å². The van der Waals surface area contributed by atoms with E-state index in [4.69, 9.17) is 4.74 Å². The van der Waals surface area contributed by atoms with Crippen molar-refractivity contribution in [3.8, 4) is 5.75 Å². The van der Waals surface area contributed by atoms with Gasteiger partial charge in [-0.15, -0.1) is 0 Å². The summed E-state index contributed by atoms with van der Waals surface area (Å²) in [6, 6.07) is 12.7. The van der Waals surface area contributed by atoms with Gasteiger partial charge in [-0.1, -0.05) is 12.1 Å². The lowest BCUT2D eigenvalue weighted by Crippen LogP contribution is -2.34. The number of anilines is 1. The molecule has 0 atom stereocenters. The molecule has 0 aliphatic heterocycles. The Hall–Kier alpha value is -2.93. The Morgan fingerprint density at radius 1 is 1.26 bits per heavy atom. The minimum absolute atomic E-state index is 0.0182. The van der Waals surface area contributed by atoms with Crippen molar-refractivity contribution < 1.29 is 14.5 Å². The molecule has 7 nitrogen and oxygen atoms in total. The Kier molecular flexibility index (Phi) is 5.71. The highest BCUT2D eigenvalue weighted by Crippen LogP contribution is 2.29. The van der Waals surface area contributed by atoms with Crippen molar-refractivity contribution in [1.29, 1.82) is 0 Å². The number of amides is 1. The van der Waals surface area contributed by atoms with Crippen LogP contribution in [0.4, 0.5) is 11.4 Å². The number of nitrogens with one attached hydrogen (secondary N) is 1. The van der Waals surface area contributed by atoms with Crippen LogP contribution in [0.2, 0.25) is 0 Å². The molecule has 0 radical (unpaired) electrons. The second-order valence-corrected chi connectivity index (χ2v) is 6.79. The number of non-ortho nitro benzene ring substituents is 1. The van der Waals surface area contributed by atoms with Crippen molar-refractivity contribution in [3.63, 3.8) is 0 Å². The number of hydrogen-bond acceptors (Lipinski definition) is 5. The fraction of sp³-hybridized carbons (Fsp3) is 0.350. The third-order valence-corrected chi connectivity index (χ3v) is 4.65. The molecule has 1 aliphatic rings. The maximum Gasteiger partial charge on any atom is 0.269 e. The van der Waals surface area contributed by atoms with E-state index in [2.05, 4.69) is 10.2 Å². The topological polar surface area (TPSA) is 84.7 Å². The lowest BCUT2D eigenvalue weighted by molar-refractivity contribution is -0.384. The Labute approximate surface area is 158 Å². The van der Waals surface area contributed by atoms with E-state index in [1.54, 1.807) is 20.1 Å². The zero-order valence-corrected chi connectivity index (χ0v) is 15.5. The number of nitro benzene ring substituents is 1. The summed E-state index contributed by atoms with van der Waals surface area (Å²) in [4.78, 5) is 25.1. The Bertz CT molecular complexity index is 832. The van der Waals surface area contributed by atoms with Gasteiger partial charge in [0.05, 0.1) is 18.6 Å². The number of carbonyl (C=O) groups excluding carboxylic acids is 1. The van der Waals surface area contributed by atoms with Gasteiger partial charge in [-0.05, 0) is 49.1 Å². The fourth-order valence-corrected chi connectivity index (χ4v) is 3.00. The van der Waals surface area contributed by atoms with Gasteiger partial charge in [0, 0.05) is 30.4 Å². The minimum Gasteiger partial charge on any atom is -0.497 e. The molecule has 27 heavy (non-hydrogen) atoms. The van der Waals surface area contributed by atoms with Gasteiger partial charge in [0.2, 0.25) is 5.91 Å². The molecule has 0 heterocycles. The number of benzene rings is 2. The molecular weight excluding hydrogens is 346 g/mol. The first-order valence-electron chi connectivity index (χ1n) is 8.88. The summed E-state index contributed by atoms with van der Waals surface area (Å²) in [6.07, 6.45) is 2.19. The molecule has 2 aromatic carbocycles. The summed E-state index contributed by atoms with van der Waals surface area (Å²) in [5.74, 6) is 0.690. The smallest absolute Gasteiger partial charge is 0.269 e. The number of methoxy groups -OCH3 is 1. The maximum absolute atomic E-state index is 12.5. The Morgan fingerprint density at radius 2 is 1.96 bits per heavy atom. The molecule has 3 rings (SSSR count). The predicted molar refractivity (Wildman–Crippen MR) is 103 cm³/mol. The lowest BCUT2D eigenvalue weighted by atomic mass is 10.1. The molecular formula is C20H23N3O4. The average molecular weight is 369 g/mol. The van der Waals surface area contributed by atoms with Gasteiger partial charge in [-0.25, -0.2) is 0 Å². The molecule has 1 aliphatic carbocycles. The molecule has 0 aromatic heterocycles. The van der Waals surface area contributed by atoms with E-state index in [0.29, 0.717) is 23.8 Å². The molecule has 1 amide bonds. The van der Waals surface area contributed by atoms with Crippen LogP contribution in [0.3, 0.4) is 0 Å². The zero-order chi connectivity index (χ0) is 19.4. The Morgan fingerprint density at radius 3 is 2.52 bits per heavy atom. The van der Waals surface area contributed by atoms with Crippen LogP contribution in [0.25, 0.3) is 0 Å². The number of nitrogens with zero attached hydrogens (tertiary/aromatic N) is 2. The van der Waals surface area contributed by atoms with Crippen LogP contribution in [0.5, 0.6) is 5.75 Å². The molecule has 1 N–H and O–H groups in total. The van der Waals surface area contributed by atoms with Crippen molar-refractivity contribution in [3.05, 3.63) is 63.7 Å². The first kappa shape index (κ1) is 18.8. The number of nitro groups is 1.